The fourth-order valence-corrected chi connectivity index (χ4v) is 2.52. The Bertz CT molecular complexity index is 598. The number of alkyl halides is 2. The van der Waals surface area contributed by atoms with Gasteiger partial charge in [-0.3, -0.25) is 0 Å². The van der Waals surface area contributed by atoms with Crippen molar-refractivity contribution in [3.8, 4) is 17.0 Å². The van der Waals surface area contributed by atoms with Gasteiger partial charge in [0.1, 0.15) is 11.4 Å². The van der Waals surface area contributed by atoms with Gasteiger partial charge in [-0.25, -0.2) is 4.68 Å². The fraction of sp³-hybridized carbons (Fsp3) is 0.250. The minimum atomic E-state index is -2.63. The summed E-state index contributed by atoms with van der Waals surface area (Å²) in [6.45, 7) is -1.96. The second-order valence-corrected chi connectivity index (χ2v) is 4.86. The van der Waals surface area contributed by atoms with Gasteiger partial charge in [-0.2, -0.15) is 13.9 Å². The average molecular weight is 315 g/mol. The first kappa shape index (κ1) is 11.6. The maximum Gasteiger partial charge on any atom is 0.333 e. The zero-order valence-corrected chi connectivity index (χ0v) is 10.8. The van der Waals surface area contributed by atoms with Gasteiger partial charge in [0, 0.05) is 18.2 Å². The summed E-state index contributed by atoms with van der Waals surface area (Å²) in [5, 5.41) is 3.88. The predicted molar refractivity (Wildman–Crippen MR) is 65.8 cm³/mol. The summed E-state index contributed by atoms with van der Waals surface area (Å²) in [7, 11) is 0. The van der Waals surface area contributed by atoms with Crippen LogP contribution in [-0.2, 0) is 6.42 Å². The molecule has 0 spiro atoms. The van der Waals surface area contributed by atoms with E-state index in [0.717, 1.165) is 23.3 Å². The van der Waals surface area contributed by atoms with Crippen molar-refractivity contribution >= 4 is 15.9 Å². The molecule has 0 atom stereocenters. The molecule has 0 N–H and O–H groups in total. The van der Waals surface area contributed by atoms with E-state index < -0.39 is 6.55 Å². The van der Waals surface area contributed by atoms with Crippen LogP contribution in [-0.4, -0.2) is 16.4 Å². The van der Waals surface area contributed by atoms with Crippen molar-refractivity contribution < 1.29 is 13.5 Å². The van der Waals surface area contributed by atoms with Gasteiger partial charge < -0.3 is 4.74 Å². The molecule has 3 rings (SSSR count). The van der Waals surface area contributed by atoms with Crippen LogP contribution in [0.3, 0.4) is 0 Å². The first-order valence-electron chi connectivity index (χ1n) is 5.44. The number of ether oxygens (including phenoxy) is 1. The monoisotopic (exact) mass is 314 g/mol. The van der Waals surface area contributed by atoms with Gasteiger partial charge >= 0.3 is 6.55 Å². The molecule has 1 aliphatic heterocycles. The van der Waals surface area contributed by atoms with Gasteiger partial charge in [-0.15, -0.1) is 0 Å². The van der Waals surface area contributed by atoms with E-state index >= 15 is 0 Å². The smallest absolute Gasteiger partial charge is 0.333 e. The van der Waals surface area contributed by atoms with Gasteiger partial charge in [0.25, 0.3) is 0 Å². The largest absolute Gasteiger partial charge is 0.493 e. The zero-order valence-electron chi connectivity index (χ0n) is 9.24. The Hall–Kier alpha value is -1.43. The van der Waals surface area contributed by atoms with Crippen LogP contribution in [0.15, 0.2) is 28.9 Å². The van der Waals surface area contributed by atoms with Crippen LogP contribution in [0, 0.1) is 0 Å². The van der Waals surface area contributed by atoms with E-state index in [-0.39, 0.29) is 0 Å². The second kappa shape index (κ2) is 4.35. The summed E-state index contributed by atoms with van der Waals surface area (Å²) >= 11 is 3.25. The van der Waals surface area contributed by atoms with Crippen molar-refractivity contribution in [2.24, 2.45) is 0 Å². The molecule has 0 unspecified atom stereocenters. The van der Waals surface area contributed by atoms with E-state index in [2.05, 4.69) is 21.0 Å². The number of benzene rings is 1. The highest BCUT2D eigenvalue weighted by atomic mass is 79.9. The summed E-state index contributed by atoms with van der Waals surface area (Å²) in [6, 6.07) is 5.61. The van der Waals surface area contributed by atoms with Crippen LogP contribution in [0.25, 0.3) is 11.3 Å². The Morgan fingerprint density at radius 1 is 1.39 bits per heavy atom. The lowest BCUT2D eigenvalue weighted by molar-refractivity contribution is 0.0568. The third-order valence-electron chi connectivity index (χ3n) is 2.85. The van der Waals surface area contributed by atoms with Crippen LogP contribution in [0.5, 0.6) is 5.75 Å². The lowest BCUT2D eigenvalue weighted by Gasteiger charge is -2.02. The normalized spacial score (nSPS) is 13.8. The summed E-state index contributed by atoms with van der Waals surface area (Å²) < 4.78 is 31.7. The highest BCUT2D eigenvalue weighted by Gasteiger charge is 2.17. The Morgan fingerprint density at radius 2 is 2.22 bits per heavy atom. The molecule has 0 aliphatic carbocycles. The van der Waals surface area contributed by atoms with Crippen LogP contribution < -0.4 is 4.74 Å². The highest BCUT2D eigenvalue weighted by molar-refractivity contribution is 9.10. The topological polar surface area (TPSA) is 27.1 Å². The van der Waals surface area contributed by atoms with Gasteiger partial charge in [-0.05, 0) is 39.7 Å². The number of hydrogen-bond donors (Lipinski definition) is 0. The number of fused-ring (bicyclic) bond motifs is 1. The molecule has 0 amide bonds. The lowest BCUT2D eigenvalue weighted by atomic mass is 10.1. The van der Waals surface area contributed by atoms with E-state index in [0.29, 0.717) is 21.5 Å². The highest BCUT2D eigenvalue weighted by Crippen LogP contribution is 2.33. The fourth-order valence-electron chi connectivity index (χ4n) is 2.00. The summed E-state index contributed by atoms with van der Waals surface area (Å²) in [4.78, 5) is 0. The molecule has 1 aromatic heterocycles. The molecular formula is C12H9BrF2N2O. The molecular weight excluding hydrogens is 306 g/mol. The van der Waals surface area contributed by atoms with Gasteiger partial charge in [-0.1, -0.05) is 0 Å². The quantitative estimate of drug-likeness (QED) is 0.846. The summed E-state index contributed by atoms with van der Waals surface area (Å²) in [6.07, 6.45) is 2.13. The van der Waals surface area contributed by atoms with E-state index in [1.807, 2.05) is 18.2 Å². The molecule has 0 fully saturated rings. The number of rotatable bonds is 2. The maximum atomic E-state index is 12.6. The molecule has 18 heavy (non-hydrogen) atoms. The molecule has 6 heteroatoms. The SMILES string of the molecule is FC(F)n1cc(Br)c(-c2ccc3c(c2)CCO3)n1. The lowest BCUT2D eigenvalue weighted by Crippen LogP contribution is -1.98. The van der Waals surface area contributed by atoms with E-state index in [9.17, 15) is 8.78 Å². The molecule has 2 aromatic rings. The molecule has 0 saturated carbocycles. The molecule has 0 bridgehead atoms. The molecule has 1 aliphatic rings. The van der Waals surface area contributed by atoms with E-state index in [1.54, 1.807) is 0 Å². The van der Waals surface area contributed by atoms with Crippen LogP contribution >= 0.6 is 15.9 Å². The number of halogens is 3. The summed E-state index contributed by atoms with van der Waals surface area (Å²) in [5.41, 5.74) is 2.42. The van der Waals surface area contributed by atoms with E-state index in [1.165, 1.54) is 6.20 Å². The van der Waals surface area contributed by atoms with Crippen molar-refractivity contribution in [3.05, 3.63) is 34.4 Å². The maximum absolute atomic E-state index is 12.6. The minimum Gasteiger partial charge on any atom is -0.493 e. The van der Waals surface area contributed by atoms with Crippen molar-refractivity contribution in [1.82, 2.24) is 9.78 Å². The Labute approximate surface area is 110 Å². The van der Waals surface area contributed by atoms with Crippen molar-refractivity contribution in [2.75, 3.05) is 6.61 Å². The Morgan fingerprint density at radius 3 is 2.94 bits per heavy atom. The second-order valence-electron chi connectivity index (χ2n) is 4.00. The van der Waals surface area contributed by atoms with E-state index in [4.69, 9.17) is 4.74 Å². The zero-order chi connectivity index (χ0) is 12.7. The third kappa shape index (κ3) is 1.90. The number of aromatic nitrogens is 2. The number of nitrogens with zero attached hydrogens (tertiary/aromatic N) is 2. The molecule has 1 aromatic carbocycles. The standard InChI is InChI=1S/C12H9BrF2N2O/c13-9-6-17(12(14)15)16-11(9)8-1-2-10-7(5-8)3-4-18-10/h1-2,5-6,12H,3-4H2. The minimum absolute atomic E-state index is 0.519. The van der Waals surface area contributed by atoms with Crippen molar-refractivity contribution in [2.45, 2.75) is 13.0 Å². The van der Waals surface area contributed by atoms with Gasteiger partial charge in [0.05, 0.1) is 11.1 Å². The van der Waals surface area contributed by atoms with Gasteiger partial charge in [0.2, 0.25) is 0 Å². The molecule has 94 valence electrons. The van der Waals surface area contributed by atoms with Gasteiger partial charge in [0.15, 0.2) is 0 Å². The van der Waals surface area contributed by atoms with Crippen LogP contribution in [0.4, 0.5) is 8.78 Å². The Balaban J connectivity index is 2.04. The molecule has 0 saturated heterocycles. The third-order valence-corrected chi connectivity index (χ3v) is 3.43. The molecule has 0 radical (unpaired) electrons. The van der Waals surface area contributed by atoms with Crippen molar-refractivity contribution in [1.29, 1.82) is 0 Å². The van der Waals surface area contributed by atoms with Crippen molar-refractivity contribution in [3.63, 3.8) is 0 Å². The first-order chi connectivity index (χ1) is 8.65. The molecule has 2 heterocycles. The average Bonchev–Trinajstić information content (AvgIpc) is 2.93. The van der Waals surface area contributed by atoms with Crippen LogP contribution in [0.2, 0.25) is 0 Å². The molecule has 3 nitrogen and oxygen atoms in total. The predicted octanol–water partition coefficient (Wildman–Crippen LogP) is 3.64. The number of hydrogen-bond acceptors (Lipinski definition) is 2. The first-order valence-corrected chi connectivity index (χ1v) is 6.23. The van der Waals surface area contributed by atoms with Crippen LogP contribution in [0.1, 0.15) is 12.1 Å². The summed E-state index contributed by atoms with van der Waals surface area (Å²) in [5.74, 6) is 0.864. The Kier molecular flexibility index (Phi) is 2.81.